The van der Waals surface area contributed by atoms with Gasteiger partial charge in [0.2, 0.25) is 10.0 Å². The van der Waals surface area contributed by atoms with Crippen LogP contribution in [0.1, 0.15) is 35.0 Å². The maximum absolute atomic E-state index is 12.8. The van der Waals surface area contributed by atoms with E-state index in [0.717, 1.165) is 29.2 Å². The Balaban J connectivity index is 1.53. The summed E-state index contributed by atoms with van der Waals surface area (Å²) >= 11 is 2.79. The van der Waals surface area contributed by atoms with Crippen LogP contribution in [0.2, 0.25) is 0 Å². The fourth-order valence-electron chi connectivity index (χ4n) is 3.22. The molecule has 0 bridgehead atoms. The molecule has 0 saturated carbocycles. The molecule has 1 aliphatic heterocycles. The minimum absolute atomic E-state index is 0.00200. The number of likely N-dealkylation sites (tertiary alicyclic amines) is 1. The highest BCUT2D eigenvalue weighted by molar-refractivity contribution is 7.98. The van der Waals surface area contributed by atoms with E-state index in [2.05, 4.69) is 9.71 Å². The third kappa shape index (κ3) is 4.94. The lowest BCUT2D eigenvalue weighted by Gasteiger charge is -2.32. The Hall–Kier alpha value is -1.42. The maximum atomic E-state index is 12.8. The van der Waals surface area contributed by atoms with E-state index in [1.807, 2.05) is 30.2 Å². The normalized spacial score (nSPS) is 15.7. The quantitative estimate of drug-likeness (QED) is 0.670. The number of nitrogens with zero attached hydrogens (tertiary/aromatic N) is 2. The van der Waals surface area contributed by atoms with Gasteiger partial charge in [0.15, 0.2) is 0 Å². The lowest BCUT2D eigenvalue weighted by molar-refractivity contribution is 0.0687. The molecule has 0 spiro atoms. The first-order valence-corrected chi connectivity index (χ1v) is 12.8. The number of rotatable bonds is 7. The zero-order chi connectivity index (χ0) is 20.1. The number of hydrogen-bond donors (Lipinski definition) is 1. The first kappa shape index (κ1) is 21.3. The van der Waals surface area contributed by atoms with Crippen molar-refractivity contribution >= 4 is 39.0 Å². The van der Waals surface area contributed by atoms with Crippen molar-refractivity contribution in [3.05, 3.63) is 40.9 Å². The monoisotopic (exact) mass is 439 g/mol. The summed E-state index contributed by atoms with van der Waals surface area (Å²) in [5, 5.41) is 0.741. The summed E-state index contributed by atoms with van der Waals surface area (Å²) in [7, 11) is -3.45. The highest BCUT2D eigenvalue weighted by atomic mass is 32.2. The molecule has 2 aromatic heterocycles. The van der Waals surface area contributed by atoms with Crippen LogP contribution in [-0.4, -0.2) is 50.1 Å². The van der Waals surface area contributed by atoms with Crippen LogP contribution in [0.3, 0.4) is 0 Å². The second-order valence-electron chi connectivity index (χ2n) is 6.72. The Morgan fingerprint density at radius 3 is 2.71 bits per heavy atom. The van der Waals surface area contributed by atoms with Gasteiger partial charge in [-0.25, -0.2) is 18.1 Å². The first-order valence-electron chi connectivity index (χ1n) is 9.31. The molecule has 1 saturated heterocycles. The van der Waals surface area contributed by atoms with Crippen LogP contribution >= 0.6 is 23.1 Å². The Labute approximate surface area is 174 Å². The lowest BCUT2D eigenvalue weighted by atomic mass is 9.97. The summed E-state index contributed by atoms with van der Waals surface area (Å²) in [6.07, 6.45) is 6.01. The Morgan fingerprint density at radius 2 is 2.07 bits per heavy atom. The van der Waals surface area contributed by atoms with E-state index in [9.17, 15) is 13.2 Å². The molecule has 6 nitrogen and oxygen atoms in total. The van der Waals surface area contributed by atoms with E-state index >= 15 is 0 Å². The number of carbonyl (C=O) groups is 1. The fourth-order valence-corrected chi connectivity index (χ4v) is 6.22. The Kier molecular flexibility index (Phi) is 7.14. The molecular weight excluding hydrogens is 414 g/mol. The Bertz CT molecular complexity index is 919. The number of aromatic nitrogens is 1. The molecule has 28 heavy (non-hydrogen) atoms. The third-order valence-corrected chi connectivity index (χ3v) is 8.77. The summed E-state index contributed by atoms with van der Waals surface area (Å²) in [6.45, 7) is 3.69. The minimum atomic E-state index is -3.45. The summed E-state index contributed by atoms with van der Waals surface area (Å²) < 4.78 is 28.0. The highest BCUT2D eigenvalue weighted by Gasteiger charge is 2.26. The van der Waals surface area contributed by atoms with E-state index in [1.165, 1.54) is 23.1 Å². The van der Waals surface area contributed by atoms with Gasteiger partial charge in [-0.3, -0.25) is 4.79 Å². The SMILES string of the molecule is CCc1ccc(S(=O)(=O)NCC2CCN(C(=O)c3cccnc3SC)CC2)s1. The number of amides is 1. The van der Waals surface area contributed by atoms with Crippen LogP contribution in [0.4, 0.5) is 0 Å². The molecule has 3 rings (SSSR count). The molecule has 3 heterocycles. The van der Waals surface area contributed by atoms with E-state index in [0.29, 0.717) is 29.4 Å². The van der Waals surface area contributed by atoms with Crippen molar-refractivity contribution in [2.45, 2.75) is 35.4 Å². The number of carbonyl (C=O) groups excluding carboxylic acids is 1. The van der Waals surface area contributed by atoms with Crippen molar-refractivity contribution in [1.82, 2.24) is 14.6 Å². The number of thioether (sulfide) groups is 1. The lowest BCUT2D eigenvalue weighted by Crippen LogP contribution is -2.41. The average molecular weight is 440 g/mol. The number of aryl methyl sites for hydroxylation is 1. The molecule has 0 radical (unpaired) electrons. The number of thiophene rings is 1. The van der Waals surface area contributed by atoms with Crippen LogP contribution in [0.25, 0.3) is 0 Å². The minimum Gasteiger partial charge on any atom is -0.339 e. The van der Waals surface area contributed by atoms with Gasteiger partial charge < -0.3 is 4.90 Å². The topological polar surface area (TPSA) is 79.4 Å². The van der Waals surface area contributed by atoms with Crippen LogP contribution in [0, 0.1) is 5.92 Å². The van der Waals surface area contributed by atoms with Crippen LogP contribution in [-0.2, 0) is 16.4 Å². The molecule has 0 aromatic carbocycles. The zero-order valence-corrected chi connectivity index (χ0v) is 18.5. The molecule has 1 aliphatic rings. The van der Waals surface area contributed by atoms with Crippen molar-refractivity contribution in [2.75, 3.05) is 25.9 Å². The molecule has 2 aromatic rings. The summed E-state index contributed by atoms with van der Waals surface area (Å²) in [5.74, 6) is 0.237. The van der Waals surface area contributed by atoms with Crippen LogP contribution in [0.5, 0.6) is 0 Å². The van der Waals surface area contributed by atoms with Crippen LogP contribution in [0.15, 0.2) is 39.7 Å². The van der Waals surface area contributed by atoms with Gasteiger partial charge in [-0.05, 0) is 55.7 Å². The second-order valence-corrected chi connectivity index (χ2v) is 10.7. The predicted octanol–water partition coefficient (Wildman–Crippen LogP) is 3.26. The zero-order valence-electron chi connectivity index (χ0n) is 16.1. The van der Waals surface area contributed by atoms with Crippen molar-refractivity contribution in [3.63, 3.8) is 0 Å². The van der Waals surface area contributed by atoms with Crippen molar-refractivity contribution in [2.24, 2.45) is 5.92 Å². The Morgan fingerprint density at radius 1 is 1.32 bits per heavy atom. The van der Waals surface area contributed by atoms with Crippen LogP contribution < -0.4 is 4.72 Å². The number of nitrogens with one attached hydrogen (secondary N) is 1. The molecular formula is C19H25N3O3S3. The first-order chi connectivity index (χ1) is 13.4. The number of sulfonamides is 1. The van der Waals surface area contributed by atoms with E-state index in [4.69, 9.17) is 0 Å². The molecule has 0 atom stereocenters. The van der Waals surface area contributed by atoms with Gasteiger partial charge in [-0.15, -0.1) is 23.1 Å². The molecule has 0 aliphatic carbocycles. The summed E-state index contributed by atoms with van der Waals surface area (Å²) in [5.41, 5.74) is 0.638. The molecule has 9 heteroatoms. The molecule has 152 valence electrons. The number of hydrogen-bond acceptors (Lipinski definition) is 6. The predicted molar refractivity (Wildman–Crippen MR) is 114 cm³/mol. The van der Waals surface area contributed by atoms with Gasteiger partial charge in [0.05, 0.1) is 5.56 Å². The second kappa shape index (κ2) is 9.39. The van der Waals surface area contributed by atoms with Gasteiger partial charge in [-0.2, -0.15) is 0 Å². The van der Waals surface area contributed by atoms with E-state index in [-0.39, 0.29) is 11.8 Å². The van der Waals surface area contributed by atoms with Gasteiger partial charge in [0.25, 0.3) is 5.91 Å². The summed E-state index contributed by atoms with van der Waals surface area (Å²) in [6, 6.07) is 7.13. The maximum Gasteiger partial charge on any atom is 0.256 e. The van der Waals surface area contributed by atoms with Gasteiger partial charge >= 0.3 is 0 Å². The van der Waals surface area contributed by atoms with E-state index in [1.54, 1.807) is 18.3 Å². The summed E-state index contributed by atoms with van der Waals surface area (Å²) in [4.78, 5) is 19.9. The highest BCUT2D eigenvalue weighted by Crippen LogP contribution is 2.24. The smallest absolute Gasteiger partial charge is 0.256 e. The number of piperidine rings is 1. The van der Waals surface area contributed by atoms with Gasteiger partial charge in [0, 0.05) is 30.7 Å². The average Bonchev–Trinajstić information content (AvgIpc) is 3.22. The molecule has 0 unspecified atom stereocenters. The third-order valence-electron chi connectivity index (χ3n) is 4.91. The molecule has 1 N–H and O–H groups in total. The van der Waals surface area contributed by atoms with Crippen molar-refractivity contribution in [1.29, 1.82) is 0 Å². The largest absolute Gasteiger partial charge is 0.339 e. The molecule has 1 amide bonds. The van der Waals surface area contributed by atoms with Gasteiger partial charge in [-0.1, -0.05) is 6.92 Å². The van der Waals surface area contributed by atoms with Crippen molar-refractivity contribution < 1.29 is 13.2 Å². The number of pyridine rings is 1. The standard InChI is InChI=1S/C19H25N3O3S3/c1-3-15-6-7-17(27-15)28(24,25)21-13-14-8-11-22(12-9-14)19(23)16-5-4-10-20-18(16)26-2/h4-7,10,14,21H,3,8-9,11-13H2,1-2H3. The van der Waals surface area contributed by atoms with Crippen molar-refractivity contribution in [3.8, 4) is 0 Å². The fraction of sp³-hybridized carbons (Fsp3) is 0.474. The van der Waals surface area contributed by atoms with E-state index < -0.39 is 10.0 Å². The van der Waals surface area contributed by atoms with Gasteiger partial charge in [0.1, 0.15) is 9.24 Å². The molecule has 1 fully saturated rings.